The SMILES string of the molecule is CC(C)(C)C[C@@H](O)c1ccc([N+](=O)[O-])cc1. The molecule has 1 aromatic rings. The molecule has 0 fully saturated rings. The van der Waals surface area contributed by atoms with Crippen LogP contribution in [0.3, 0.4) is 0 Å². The van der Waals surface area contributed by atoms with Crippen LogP contribution in [-0.2, 0) is 0 Å². The summed E-state index contributed by atoms with van der Waals surface area (Å²) in [6, 6.07) is 6.05. The van der Waals surface area contributed by atoms with Crippen molar-refractivity contribution in [3.63, 3.8) is 0 Å². The van der Waals surface area contributed by atoms with Gasteiger partial charge in [-0.3, -0.25) is 10.1 Å². The fourth-order valence-electron chi connectivity index (χ4n) is 1.52. The van der Waals surface area contributed by atoms with Gasteiger partial charge in [0.2, 0.25) is 0 Å². The van der Waals surface area contributed by atoms with Gasteiger partial charge in [0, 0.05) is 12.1 Å². The van der Waals surface area contributed by atoms with Gasteiger partial charge in [-0.05, 0) is 29.5 Å². The van der Waals surface area contributed by atoms with Crippen LogP contribution in [0.4, 0.5) is 5.69 Å². The second-order valence-corrected chi connectivity index (χ2v) is 5.13. The van der Waals surface area contributed by atoms with Gasteiger partial charge in [-0.25, -0.2) is 0 Å². The fourth-order valence-corrected chi connectivity index (χ4v) is 1.52. The maximum absolute atomic E-state index is 10.5. The Morgan fingerprint density at radius 3 is 2.19 bits per heavy atom. The van der Waals surface area contributed by atoms with Crippen molar-refractivity contribution < 1.29 is 10.0 Å². The Morgan fingerprint density at radius 1 is 1.31 bits per heavy atom. The van der Waals surface area contributed by atoms with Crippen LogP contribution in [-0.4, -0.2) is 10.0 Å². The highest BCUT2D eigenvalue weighted by molar-refractivity contribution is 5.33. The number of non-ortho nitro benzene ring substituents is 1. The molecule has 0 heterocycles. The summed E-state index contributed by atoms with van der Waals surface area (Å²) in [5.41, 5.74) is 0.800. The van der Waals surface area contributed by atoms with E-state index in [0.29, 0.717) is 6.42 Å². The van der Waals surface area contributed by atoms with Crippen LogP contribution in [0.15, 0.2) is 24.3 Å². The van der Waals surface area contributed by atoms with Crippen molar-refractivity contribution in [2.45, 2.75) is 33.3 Å². The van der Waals surface area contributed by atoms with Gasteiger partial charge >= 0.3 is 0 Å². The predicted octanol–water partition coefficient (Wildman–Crippen LogP) is 3.06. The fraction of sp³-hybridized carbons (Fsp3) is 0.500. The molecular formula is C12H17NO3. The molecule has 0 unspecified atom stereocenters. The average Bonchev–Trinajstić information content (AvgIpc) is 2.15. The van der Waals surface area contributed by atoms with Crippen LogP contribution in [0.5, 0.6) is 0 Å². The molecule has 0 spiro atoms. The molecule has 0 aliphatic rings. The van der Waals surface area contributed by atoms with Crippen molar-refractivity contribution in [3.05, 3.63) is 39.9 Å². The molecule has 4 nitrogen and oxygen atoms in total. The molecule has 0 radical (unpaired) electrons. The molecule has 1 rings (SSSR count). The summed E-state index contributed by atoms with van der Waals surface area (Å²) in [6.07, 6.45) is 0.0611. The number of benzene rings is 1. The predicted molar refractivity (Wildman–Crippen MR) is 62.1 cm³/mol. The molecule has 1 N–H and O–H groups in total. The van der Waals surface area contributed by atoms with E-state index in [-0.39, 0.29) is 11.1 Å². The molecule has 0 amide bonds. The van der Waals surface area contributed by atoms with Crippen LogP contribution in [0, 0.1) is 15.5 Å². The topological polar surface area (TPSA) is 63.4 Å². The summed E-state index contributed by atoms with van der Waals surface area (Å²) in [7, 11) is 0. The number of nitrogens with zero attached hydrogens (tertiary/aromatic N) is 1. The number of aliphatic hydroxyl groups is 1. The molecule has 0 saturated heterocycles. The second-order valence-electron chi connectivity index (χ2n) is 5.13. The minimum atomic E-state index is -0.569. The molecule has 1 aromatic carbocycles. The highest BCUT2D eigenvalue weighted by Crippen LogP contribution is 2.29. The molecular weight excluding hydrogens is 206 g/mol. The molecule has 0 aliphatic heterocycles. The summed E-state index contributed by atoms with van der Waals surface area (Å²) in [6.45, 7) is 6.13. The lowest BCUT2D eigenvalue weighted by atomic mass is 9.87. The molecule has 1 atom stereocenters. The van der Waals surface area contributed by atoms with E-state index in [1.54, 1.807) is 12.1 Å². The van der Waals surface area contributed by atoms with Crippen LogP contribution in [0.1, 0.15) is 38.9 Å². The van der Waals surface area contributed by atoms with Crippen molar-refractivity contribution in [3.8, 4) is 0 Å². The maximum atomic E-state index is 10.5. The number of nitro groups is 1. The summed E-state index contributed by atoms with van der Waals surface area (Å²) in [5, 5.41) is 20.4. The van der Waals surface area contributed by atoms with E-state index in [2.05, 4.69) is 0 Å². The van der Waals surface area contributed by atoms with E-state index >= 15 is 0 Å². The number of hydrogen-bond donors (Lipinski definition) is 1. The van der Waals surface area contributed by atoms with E-state index < -0.39 is 11.0 Å². The van der Waals surface area contributed by atoms with Crippen molar-refractivity contribution in [2.24, 2.45) is 5.41 Å². The van der Waals surface area contributed by atoms with E-state index in [4.69, 9.17) is 0 Å². The first-order chi connectivity index (χ1) is 7.29. The number of rotatable bonds is 3. The first-order valence-electron chi connectivity index (χ1n) is 5.22. The third kappa shape index (κ3) is 3.62. The highest BCUT2D eigenvalue weighted by atomic mass is 16.6. The van der Waals surface area contributed by atoms with Gasteiger partial charge < -0.3 is 5.11 Å². The smallest absolute Gasteiger partial charge is 0.269 e. The lowest BCUT2D eigenvalue weighted by Crippen LogP contribution is -2.11. The van der Waals surface area contributed by atoms with Crippen molar-refractivity contribution in [2.75, 3.05) is 0 Å². The second kappa shape index (κ2) is 4.61. The minimum Gasteiger partial charge on any atom is -0.388 e. The highest BCUT2D eigenvalue weighted by Gasteiger charge is 2.18. The Labute approximate surface area is 95.1 Å². The van der Waals surface area contributed by atoms with Gasteiger partial charge in [0.25, 0.3) is 5.69 Å². The maximum Gasteiger partial charge on any atom is 0.269 e. The first kappa shape index (κ1) is 12.6. The van der Waals surface area contributed by atoms with Gasteiger partial charge in [0.15, 0.2) is 0 Å². The summed E-state index contributed by atoms with van der Waals surface area (Å²) >= 11 is 0. The zero-order valence-electron chi connectivity index (χ0n) is 9.80. The van der Waals surface area contributed by atoms with Crippen molar-refractivity contribution in [1.29, 1.82) is 0 Å². The van der Waals surface area contributed by atoms with Gasteiger partial charge in [0.1, 0.15) is 0 Å². The normalized spacial score (nSPS) is 13.5. The molecule has 0 saturated carbocycles. The third-order valence-corrected chi connectivity index (χ3v) is 2.29. The van der Waals surface area contributed by atoms with Crippen LogP contribution >= 0.6 is 0 Å². The molecule has 4 heteroatoms. The van der Waals surface area contributed by atoms with Crippen LogP contribution < -0.4 is 0 Å². The minimum absolute atomic E-state index is 0.0290. The summed E-state index contributed by atoms with van der Waals surface area (Å²) in [5.74, 6) is 0. The van der Waals surface area contributed by atoms with Crippen molar-refractivity contribution in [1.82, 2.24) is 0 Å². The Balaban J connectivity index is 2.78. The van der Waals surface area contributed by atoms with Gasteiger partial charge in [0.05, 0.1) is 11.0 Å². The molecule has 0 bridgehead atoms. The third-order valence-electron chi connectivity index (χ3n) is 2.29. The number of hydrogen-bond acceptors (Lipinski definition) is 3. The Bertz CT molecular complexity index is 365. The lowest BCUT2D eigenvalue weighted by molar-refractivity contribution is -0.384. The largest absolute Gasteiger partial charge is 0.388 e. The zero-order valence-corrected chi connectivity index (χ0v) is 9.80. The first-order valence-corrected chi connectivity index (χ1v) is 5.22. The molecule has 16 heavy (non-hydrogen) atoms. The van der Waals surface area contributed by atoms with Crippen molar-refractivity contribution >= 4 is 5.69 Å². The quantitative estimate of drug-likeness (QED) is 0.632. The lowest BCUT2D eigenvalue weighted by Gasteiger charge is -2.22. The van der Waals surface area contributed by atoms with Gasteiger partial charge in [-0.2, -0.15) is 0 Å². The van der Waals surface area contributed by atoms with E-state index in [1.807, 2.05) is 20.8 Å². The number of nitro benzene ring substituents is 1. The van der Waals surface area contributed by atoms with Gasteiger partial charge in [-0.15, -0.1) is 0 Å². The zero-order chi connectivity index (χ0) is 12.3. The van der Waals surface area contributed by atoms with E-state index in [0.717, 1.165) is 5.56 Å². The van der Waals surface area contributed by atoms with Crippen LogP contribution in [0.2, 0.25) is 0 Å². The Hall–Kier alpha value is -1.42. The average molecular weight is 223 g/mol. The van der Waals surface area contributed by atoms with Gasteiger partial charge in [-0.1, -0.05) is 20.8 Å². The standard InChI is InChI=1S/C12H17NO3/c1-12(2,3)8-11(14)9-4-6-10(7-5-9)13(15)16/h4-7,11,14H,8H2,1-3H3/t11-/m1/s1. The Morgan fingerprint density at radius 2 is 1.81 bits per heavy atom. The Kier molecular flexibility index (Phi) is 3.65. The molecule has 0 aromatic heterocycles. The monoisotopic (exact) mass is 223 g/mol. The molecule has 0 aliphatic carbocycles. The molecule has 88 valence electrons. The summed E-state index contributed by atoms with van der Waals surface area (Å²) in [4.78, 5) is 10.0. The van der Waals surface area contributed by atoms with Crippen LogP contribution in [0.25, 0.3) is 0 Å². The number of aliphatic hydroxyl groups excluding tert-OH is 1. The summed E-state index contributed by atoms with van der Waals surface area (Å²) < 4.78 is 0. The van der Waals surface area contributed by atoms with E-state index in [1.165, 1.54) is 12.1 Å². The van der Waals surface area contributed by atoms with E-state index in [9.17, 15) is 15.2 Å².